The molecule has 1 aliphatic rings. The number of hydrogen-bond acceptors (Lipinski definition) is 7. The Bertz CT molecular complexity index is 1520. The summed E-state index contributed by atoms with van der Waals surface area (Å²) in [5.74, 6) is 0.0184. The Morgan fingerprint density at radius 2 is 1.97 bits per heavy atom. The molecule has 5 rings (SSSR count). The quantitative estimate of drug-likeness (QED) is 0.352. The second-order valence-corrected chi connectivity index (χ2v) is 9.39. The number of nitrogens with zero attached hydrogens (tertiary/aromatic N) is 6. The molecule has 0 bridgehead atoms. The smallest absolute Gasteiger partial charge is 0.317 e. The summed E-state index contributed by atoms with van der Waals surface area (Å²) in [6, 6.07) is 6.32. The molecule has 0 spiro atoms. The van der Waals surface area contributed by atoms with Crippen molar-refractivity contribution in [1.82, 2.24) is 34.7 Å². The molecule has 2 amide bonds. The summed E-state index contributed by atoms with van der Waals surface area (Å²) in [6.45, 7) is 6.72. The molecule has 3 aromatic heterocycles. The standard InChI is InChI=1S/C26H28F2N8O2/c1-14(2)36-15(3)31-24-18(27)10-17(11-21(24)36)23-19(28)12-30-25(34-23)33-22-5-4-16-13-35(8-6-20(16)32-22)26(38)29-7-9-37/h4-5,10-12,14,37H,6-9,13H2,1-3H3,(H,29,38)(H,30,32,33,34). The molecule has 0 unspecified atom stereocenters. The number of carbonyl (C=O) groups is 1. The Kier molecular flexibility index (Phi) is 6.89. The number of halogens is 2. The Balaban J connectivity index is 1.40. The fraction of sp³-hybridized carbons (Fsp3) is 0.346. The van der Waals surface area contributed by atoms with Crippen molar-refractivity contribution in [1.29, 1.82) is 0 Å². The van der Waals surface area contributed by atoms with Gasteiger partial charge in [0.15, 0.2) is 11.6 Å². The van der Waals surface area contributed by atoms with Gasteiger partial charge in [-0.2, -0.15) is 0 Å². The first kappa shape index (κ1) is 25.5. The monoisotopic (exact) mass is 522 g/mol. The van der Waals surface area contributed by atoms with Gasteiger partial charge in [0, 0.05) is 43.4 Å². The van der Waals surface area contributed by atoms with E-state index in [2.05, 4.69) is 30.6 Å². The van der Waals surface area contributed by atoms with Crippen LogP contribution in [0.4, 0.5) is 25.3 Å². The zero-order valence-corrected chi connectivity index (χ0v) is 21.3. The normalized spacial score (nSPS) is 13.2. The van der Waals surface area contributed by atoms with E-state index in [1.807, 2.05) is 31.4 Å². The molecular weight excluding hydrogens is 494 g/mol. The maximum absolute atomic E-state index is 15.0. The molecule has 1 aliphatic heterocycles. The van der Waals surface area contributed by atoms with E-state index in [0.717, 1.165) is 17.5 Å². The van der Waals surface area contributed by atoms with Crippen LogP contribution in [0.2, 0.25) is 0 Å². The highest BCUT2D eigenvalue weighted by Gasteiger charge is 2.22. The van der Waals surface area contributed by atoms with Crippen molar-refractivity contribution in [2.75, 3.05) is 25.0 Å². The summed E-state index contributed by atoms with van der Waals surface area (Å²) in [5, 5.41) is 14.6. The number of carbonyl (C=O) groups excluding carboxylic acids is 1. The number of rotatable bonds is 6. The third kappa shape index (κ3) is 4.86. The molecule has 0 saturated carbocycles. The van der Waals surface area contributed by atoms with E-state index in [1.54, 1.807) is 17.0 Å². The molecular formula is C26H28F2N8O2. The van der Waals surface area contributed by atoms with Gasteiger partial charge in [0.1, 0.15) is 22.9 Å². The number of fused-ring (bicyclic) bond motifs is 2. The lowest BCUT2D eigenvalue weighted by Gasteiger charge is -2.28. The van der Waals surface area contributed by atoms with Crippen LogP contribution in [0.15, 0.2) is 30.5 Å². The zero-order chi connectivity index (χ0) is 27.0. The number of benzene rings is 1. The fourth-order valence-corrected chi connectivity index (χ4v) is 4.74. The highest BCUT2D eigenvalue weighted by molar-refractivity contribution is 5.83. The minimum absolute atomic E-state index is 0.0409. The largest absolute Gasteiger partial charge is 0.395 e. The number of imidazole rings is 1. The summed E-state index contributed by atoms with van der Waals surface area (Å²) in [5.41, 5.74) is 2.76. The lowest BCUT2D eigenvalue weighted by molar-refractivity contribution is 0.188. The molecule has 10 nitrogen and oxygen atoms in total. The van der Waals surface area contributed by atoms with E-state index in [1.165, 1.54) is 6.07 Å². The Labute approximate surface area is 217 Å². The van der Waals surface area contributed by atoms with Crippen molar-refractivity contribution >= 4 is 28.8 Å². The van der Waals surface area contributed by atoms with Gasteiger partial charge < -0.3 is 25.2 Å². The number of amides is 2. The number of anilines is 2. The van der Waals surface area contributed by atoms with Crippen molar-refractivity contribution < 1.29 is 18.7 Å². The average molecular weight is 523 g/mol. The van der Waals surface area contributed by atoms with Crippen LogP contribution in [-0.4, -0.2) is 60.2 Å². The van der Waals surface area contributed by atoms with E-state index >= 15 is 0 Å². The second kappa shape index (κ2) is 10.3. The summed E-state index contributed by atoms with van der Waals surface area (Å²) >= 11 is 0. The van der Waals surface area contributed by atoms with Crippen LogP contribution in [0.3, 0.4) is 0 Å². The van der Waals surface area contributed by atoms with Gasteiger partial charge in [-0.05, 0) is 44.5 Å². The van der Waals surface area contributed by atoms with E-state index in [4.69, 9.17) is 5.11 Å². The number of hydrogen-bond donors (Lipinski definition) is 3. The summed E-state index contributed by atoms with van der Waals surface area (Å²) in [4.78, 5) is 31.2. The number of pyridine rings is 1. The van der Waals surface area contributed by atoms with Gasteiger partial charge in [-0.1, -0.05) is 6.07 Å². The first-order valence-corrected chi connectivity index (χ1v) is 12.4. The predicted molar refractivity (Wildman–Crippen MR) is 138 cm³/mol. The molecule has 0 fully saturated rings. The average Bonchev–Trinajstić information content (AvgIpc) is 3.24. The topological polar surface area (TPSA) is 121 Å². The summed E-state index contributed by atoms with van der Waals surface area (Å²) in [7, 11) is 0. The molecule has 4 aromatic rings. The van der Waals surface area contributed by atoms with Gasteiger partial charge >= 0.3 is 6.03 Å². The van der Waals surface area contributed by atoms with Gasteiger partial charge in [-0.15, -0.1) is 0 Å². The van der Waals surface area contributed by atoms with Gasteiger partial charge in [0.25, 0.3) is 0 Å². The second-order valence-electron chi connectivity index (χ2n) is 9.39. The third-order valence-corrected chi connectivity index (χ3v) is 6.42. The van der Waals surface area contributed by atoms with Crippen LogP contribution in [0.1, 0.15) is 37.0 Å². The maximum atomic E-state index is 15.0. The first-order chi connectivity index (χ1) is 18.2. The van der Waals surface area contributed by atoms with Gasteiger partial charge in [-0.3, -0.25) is 0 Å². The zero-order valence-electron chi connectivity index (χ0n) is 21.3. The number of nitrogens with one attached hydrogen (secondary N) is 2. The highest BCUT2D eigenvalue weighted by Crippen LogP contribution is 2.30. The van der Waals surface area contributed by atoms with Crippen LogP contribution in [0, 0.1) is 18.6 Å². The van der Waals surface area contributed by atoms with Gasteiger partial charge in [0.05, 0.1) is 18.3 Å². The third-order valence-electron chi connectivity index (χ3n) is 6.42. The fourth-order valence-electron chi connectivity index (χ4n) is 4.74. The van der Waals surface area contributed by atoms with Crippen molar-refractivity contribution in [3.8, 4) is 11.3 Å². The van der Waals surface area contributed by atoms with Crippen LogP contribution in [0.25, 0.3) is 22.3 Å². The molecule has 0 radical (unpaired) electrons. The maximum Gasteiger partial charge on any atom is 0.317 e. The molecule has 198 valence electrons. The molecule has 0 saturated heterocycles. The number of aryl methyl sites for hydroxylation is 1. The van der Waals surface area contributed by atoms with E-state index in [0.29, 0.717) is 36.7 Å². The van der Waals surface area contributed by atoms with Crippen molar-refractivity contribution in [2.45, 2.75) is 39.8 Å². The first-order valence-electron chi connectivity index (χ1n) is 12.4. The molecule has 4 heterocycles. The number of aliphatic hydroxyl groups is 1. The number of aromatic nitrogens is 5. The lowest BCUT2D eigenvalue weighted by Crippen LogP contribution is -2.43. The van der Waals surface area contributed by atoms with Crippen LogP contribution in [0.5, 0.6) is 0 Å². The molecule has 0 aliphatic carbocycles. The van der Waals surface area contributed by atoms with Crippen LogP contribution in [-0.2, 0) is 13.0 Å². The molecule has 0 atom stereocenters. The Morgan fingerprint density at radius 1 is 1.16 bits per heavy atom. The van der Waals surface area contributed by atoms with Gasteiger partial charge in [0.2, 0.25) is 5.95 Å². The van der Waals surface area contributed by atoms with E-state index < -0.39 is 11.6 Å². The molecule has 12 heteroatoms. The molecule has 38 heavy (non-hydrogen) atoms. The van der Waals surface area contributed by atoms with Crippen molar-refractivity contribution in [3.05, 3.63) is 59.2 Å². The number of aliphatic hydroxyl groups excluding tert-OH is 1. The predicted octanol–water partition coefficient (Wildman–Crippen LogP) is 3.86. The lowest BCUT2D eigenvalue weighted by atomic mass is 10.1. The minimum atomic E-state index is -0.681. The SMILES string of the molecule is Cc1nc2c(F)cc(-c3nc(Nc4ccc5c(n4)CCN(C(=O)NCCO)C5)ncc3F)cc2n1C(C)C. The molecule has 1 aromatic carbocycles. The van der Waals surface area contributed by atoms with Crippen molar-refractivity contribution in [3.63, 3.8) is 0 Å². The van der Waals surface area contributed by atoms with E-state index in [9.17, 15) is 13.6 Å². The Hall–Kier alpha value is -4.19. The number of urea groups is 1. The Morgan fingerprint density at radius 3 is 2.74 bits per heavy atom. The van der Waals surface area contributed by atoms with Crippen molar-refractivity contribution in [2.24, 2.45) is 0 Å². The molecule has 3 N–H and O–H groups in total. The van der Waals surface area contributed by atoms with Gasteiger partial charge in [-0.25, -0.2) is 33.5 Å². The summed E-state index contributed by atoms with van der Waals surface area (Å²) < 4.78 is 31.7. The minimum Gasteiger partial charge on any atom is -0.395 e. The van der Waals surface area contributed by atoms with E-state index in [-0.39, 0.29) is 47.9 Å². The summed E-state index contributed by atoms with van der Waals surface area (Å²) in [6.07, 6.45) is 1.59. The highest BCUT2D eigenvalue weighted by atomic mass is 19.1. The van der Waals surface area contributed by atoms with Crippen LogP contribution < -0.4 is 10.6 Å². The van der Waals surface area contributed by atoms with Crippen LogP contribution >= 0.6 is 0 Å².